The highest BCUT2D eigenvalue weighted by molar-refractivity contribution is 6.32. The lowest BCUT2D eigenvalue weighted by Gasteiger charge is -2.11. The van der Waals surface area contributed by atoms with Gasteiger partial charge in [-0.2, -0.15) is 13.2 Å². The van der Waals surface area contributed by atoms with Gasteiger partial charge in [-0.3, -0.25) is 0 Å². The molecule has 0 aliphatic rings. The molecule has 1 aromatic heterocycles. The van der Waals surface area contributed by atoms with Crippen LogP contribution in [-0.4, -0.2) is 15.0 Å². The average Bonchev–Trinajstić information content (AvgIpc) is 2.81. The SMILES string of the molecule is Cn1nnc2ccc(Oc3ccc(C(F)(F)F)cc3Cl)cc21. The molecule has 0 unspecified atom stereocenters. The second-order valence-electron chi connectivity index (χ2n) is 4.61. The van der Waals surface area contributed by atoms with Gasteiger partial charge in [0.05, 0.1) is 16.1 Å². The van der Waals surface area contributed by atoms with E-state index in [1.807, 2.05) is 0 Å². The van der Waals surface area contributed by atoms with Crippen molar-refractivity contribution in [2.24, 2.45) is 7.05 Å². The maximum absolute atomic E-state index is 12.6. The van der Waals surface area contributed by atoms with Gasteiger partial charge in [0.25, 0.3) is 0 Å². The molecule has 1 heterocycles. The standard InChI is InChI=1S/C14H9ClF3N3O/c1-21-12-7-9(3-4-11(12)19-20-21)22-13-5-2-8(6-10(13)15)14(16,17)18/h2-7H,1H3. The Hall–Kier alpha value is -2.28. The lowest BCUT2D eigenvalue weighted by Crippen LogP contribution is -2.04. The third-order valence-electron chi connectivity index (χ3n) is 3.07. The zero-order chi connectivity index (χ0) is 15.9. The summed E-state index contributed by atoms with van der Waals surface area (Å²) in [5.41, 5.74) is 0.602. The van der Waals surface area contributed by atoms with Gasteiger partial charge in [-0.05, 0) is 30.3 Å². The molecule has 114 valence electrons. The predicted octanol–water partition coefficient (Wildman–Crippen LogP) is 4.43. The first-order valence-corrected chi connectivity index (χ1v) is 6.56. The van der Waals surface area contributed by atoms with Crippen molar-refractivity contribution in [3.05, 3.63) is 47.0 Å². The number of hydrogen-bond acceptors (Lipinski definition) is 3. The smallest absolute Gasteiger partial charge is 0.416 e. The van der Waals surface area contributed by atoms with Crippen LogP contribution in [0.4, 0.5) is 13.2 Å². The Bertz CT molecular complexity index is 845. The molecule has 3 aromatic rings. The summed E-state index contributed by atoms with van der Waals surface area (Å²) in [4.78, 5) is 0. The van der Waals surface area contributed by atoms with Crippen molar-refractivity contribution in [3.8, 4) is 11.5 Å². The number of ether oxygens (including phenoxy) is 1. The Morgan fingerprint density at radius 2 is 1.91 bits per heavy atom. The first-order chi connectivity index (χ1) is 10.3. The quantitative estimate of drug-likeness (QED) is 0.699. The Balaban J connectivity index is 1.93. The molecule has 3 rings (SSSR count). The Labute approximate surface area is 128 Å². The maximum atomic E-state index is 12.6. The second kappa shape index (κ2) is 5.17. The number of fused-ring (bicyclic) bond motifs is 1. The van der Waals surface area contributed by atoms with E-state index in [4.69, 9.17) is 16.3 Å². The van der Waals surface area contributed by atoms with Crippen molar-refractivity contribution in [1.82, 2.24) is 15.0 Å². The van der Waals surface area contributed by atoms with E-state index in [-0.39, 0.29) is 10.8 Å². The average molecular weight is 328 g/mol. The summed E-state index contributed by atoms with van der Waals surface area (Å²) in [5.74, 6) is 0.573. The Morgan fingerprint density at radius 3 is 2.59 bits per heavy atom. The summed E-state index contributed by atoms with van der Waals surface area (Å²) in [7, 11) is 1.73. The van der Waals surface area contributed by atoms with E-state index in [0.29, 0.717) is 11.3 Å². The van der Waals surface area contributed by atoms with Gasteiger partial charge in [0.15, 0.2) is 0 Å². The number of alkyl halides is 3. The number of rotatable bonds is 2. The van der Waals surface area contributed by atoms with E-state index >= 15 is 0 Å². The van der Waals surface area contributed by atoms with Crippen LogP contribution in [-0.2, 0) is 13.2 Å². The first kappa shape index (κ1) is 14.6. The van der Waals surface area contributed by atoms with Crippen LogP contribution in [0.25, 0.3) is 11.0 Å². The zero-order valence-electron chi connectivity index (χ0n) is 11.2. The minimum absolute atomic E-state index is 0.113. The van der Waals surface area contributed by atoms with Crippen molar-refractivity contribution in [3.63, 3.8) is 0 Å². The molecule has 0 bridgehead atoms. The van der Waals surface area contributed by atoms with Crippen LogP contribution in [0.1, 0.15) is 5.56 Å². The molecule has 22 heavy (non-hydrogen) atoms. The third-order valence-corrected chi connectivity index (χ3v) is 3.36. The molecule has 4 nitrogen and oxygen atoms in total. The van der Waals surface area contributed by atoms with Crippen LogP contribution < -0.4 is 4.74 Å². The van der Waals surface area contributed by atoms with Crippen molar-refractivity contribution in [2.45, 2.75) is 6.18 Å². The van der Waals surface area contributed by atoms with E-state index in [1.165, 1.54) is 6.07 Å². The number of halogens is 4. The zero-order valence-corrected chi connectivity index (χ0v) is 12.0. The summed E-state index contributed by atoms with van der Waals surface area (Å²) in [6.45, 7) is 0. The second-order valence-corrected chi connectivity index (χ2v) is 5.02. The monoisotopic (exact) mass is 327 g/mol. The number of nitrogens with zero attached hydrogens (tertiary/aromatic N) is 3. The fraction of sp³-hybridized carbons (Fsp3) is 0.143. The molecule has 0 spiro atoms. The van der Waals surface area contributed by atoms with Crippen LogP contribution in [0.3, 0.4) is 0 Å². The van der Waals surface area contributed by atoms with Crippen LogP contribution in [0.2, 0.25) is 5.02 Å². The molecule has 0 N–H and O–H groups in total. The fourth-order valence-electron chi connectivity index (χ4n) is 1.96. The molecule has 0 aliphatic heterocycles. The number of aryl methyl sites for hydroxylation is 1. The lowest BCUT2D eigenvalue weighted by atomic mass is 10.2. The maximum Gasteiger partial charge on any atom is 0.416 e. The van der Waals surface area contributed by atoms with E-state index in [0.717, 1.165) is 17.6 Å². The van der Waals surface area contributed by atoms with E-state index in [2.05, 4.69) is 10.3 Å². The molecular formula is C14H9ClF3N3O. The van der Waals surface area contributed by atoms with E-state index < -0.39 is 11.7 Å². The molecule has 0 radical (unpaired) electrons. The lowest BCUT2D eigenvalue weighted by molar-refractivity contribution is -0.137. The van der Waals surface area contributed by atoms with Crippen molar-refractivity contribution in [1.29, 1.82) is 0 Å². The molecule has 0 atom stereocenters. The van der Waals surface area contributed by atoms with Crippen LogP contribution in [0, 0.1) is 0 Å². The minimum atomic E-state index is -4.44. The molecule has 0 saturated carbocycles. The highest BCUT2D eigenvalue weighted by Gasteiger charge is 2.31. The first-order valence-electron chi connectivity index (χ1n) is 6.18. The summed E-state index contributed by atoms with van der Waals surface area (Å²) in [6.07, 6.45) is -4.44. The van der Waals surface area contributed by atoms with Gasteiger partial charge in [-0.25, -0.2) is 4.68 Å². The number of hydrogen-bond donors (Lipinski definition) is 0. The molecule has 0 fully saturated rings. The van der Waals surface area contributed by atoms with E-state index in [1.54, 1.807) is 29.9 Å². The highest BCUT2D eigenvalue weighted by atomic mass is 35.5. The summed E-state index contributed by atoms with van der Waals surface area (Å²) in [6, 6.07) is 7.98. The third kappa shape index (κ3) is 2.71. The van der Waals surface area contributed by atoms with E-state index in [9.17, 15) is 13.2 Å². The number of aromatic nitrogens is 3. The van der Waals surface area contributed by atoms with Gasteiger partial charge in [0.1, 0.15) is 17.0 Å². The van der Waals surface area contributed by atoms with Crippen molar-refractivity contribution in [2.75, 3.05) is 0 Å². The summed E-state index contributed by atoms with van der Waals surface area (Å²) < 4.78 is 44.9. The summed E-state index contributed by atoms with van der Waals surface area (Å²) >= 11 is 5.86. The largest absolute Gasteiger partial charge is 0.456 e. The Kier molecular flexibility index (Phi) is 3.44. The van der Waals surface area contributed by atoms with Crippen LogP contribution >= 0.6 is 11.6 Å². The molecule has 0 amide bonds. The molecular weight excluding hydrogens is 319 g/mol. The highest BCUT2D eigenvalue weighted by Crippen LogP contribution is 2.36. The van der Waals surface area contributed by atoms with Gasteiger partial charge in [-0.15, -0.1) is 5.10 Å². The summed E-state index contributed by atoms with van der Waals surface area (Å²) in [5, 5.41) is 7.68. The minimum Gasteiger partial charge on any atom is -0.456 e. The van der Waals surface area contributed by atoms with Gasteiger partial charge >= 0.3 is 6.18 Å². The van der Waals surface area contributed by atoms with Crippen molar-refractivity contribution < 1.29 is 17.9 Å². The predicted molar refractivity (Wildman–Crippen MR) is 75.0 cm³/mol. The van der Waals surface area contributed by atoms with Crippen LogP contribution in [0.5, 0.6) is 11.5 Å². The topological polar surface area (TPSA) is 39.9 Å². The molecule has 0 aliphatic carbocycles. The molecule has 8 heteroatoms. The molecule has 2 aromatic carbocycles. The van der Waals surface area contributed by atoms with Gasteiger partial charge < -0.3 is 4.74 Å². The van der Waals surface area contributed by atoms with Gasteiger partial charge in [0, 0.05) is 13.1 Å². The van der Waals surface area contributed by atoms with Crippen LogP contribution in [0.15, 0.2) is 36.4 Å². The van der Waals surface area contributed by atoms with Gasteiger partial charge in [0.2, 0.25) is 0 Å². The van der Waals surface area contributed by atoms with Gasteiger partial charge in [-0.1, -0.05) is 16.8 Å². The van der Waals surface area contributed by atoms with Crippen molar-refractivity contribution >= 4 is 22.6 Å². The normalized spacial score (nSPS) is 11.9. The fourth-order valence-corrected chi connectivity index (χ4v) is 2.18. The Morgan fingerprint density at radius 1 is 1.14 bits per heavy atom. The molecule has 0 saturated heterocycles. The number of benzene rings is 2.